The predicted molar refractivity (Wildman–Crippen MR) is 72.3 cm³/mol. The van der Waals surface area contributed by atoms with Crippen molar-refractivity contribution >= 4 is 0 Å². The molecule has 1 fully saturated rings. The third-order valence-corrected chi connectivity index (χ3v) is 3.55. The Kier molecular flexibility index (Phi) is 6.53. The lowest BCUT2D eigenvalue weighted by Gasteiger charge is -2.33. The Bertz CT molecular complexity index is 268. The summed E-state index contributed by atoms with van der Waals surface area (Å²) in [6, 6.07) is 0.799. The second-order valence-corrected chi connectivity index (χ2v) is 4.90. The van der Waals surface area contributed by atoms with Crippen molar-refractivity contribution in [3.63, 3.8) is 0 Å². The number of hydrogen-bond donors (Lipinski definition) is 2. The van der Waals surface area contributed by atoms with Gasteiger partial charge < -0.3 is 9.80 Å². The molecule has 0 bridgehead atoms. The van der Waals surface area contributed by atoms with E-state index in [4.69, 9.17) is 5.84 Å². The first-order valence-electron chi connectivity index (χ1n) is 6.43. The summed E-state index contributed by atoms with van der Waals surface area (Å²) in [7, 11) is 4.38. The fourth-order valence-corrected chi connectivity index (χ4v) is 2.48. The van der Waals surface area contributed by atoms with E-state index in [0.717, 1.165) is 25.9 Å². The van der Waals surface area contributed by atoms with Crippen molar-refractivity contribution in [3.05, 3.63) is 0 Å². The minimum Gasteiger partial charge on any atom is -0.305 e. The minimum atomic E-state index is 0.321. The molecule has 1 aliphatic rings. The number of hydrazine groups is 1. The molecule has 0 aromatic rings. The molecule has 3 N–H and O–H groups in total. The molecule has 0 radical (unpaired) electrons. The molecule has 0 aliphatic carbocycles. The molecule has 1 saturated heterocycles. The van der Waals surface area contributed by atoms with Gasteiger partial charge in [-0.15, -0.1) is 11.8 Å². The van der Waals surface area contributed by atoms with Crippen LogP contribution in [0, 0.1) is 11.8 Å². The van der Waals surface area contributed by atoms with Crippen molar-refractivity contribution in [2.24, 2.45) is 5.84 Å². The largest absolute Gasteiger partial charge is 0.305 e. The molecular formula is C13H26N4. The van der Waals surface area contributed by atoms with E-state index in [-0.39, 0.29) is 0 Å². The number of nitrogens with one attached hydrogen (secondary N) is 1. The molecule has 0 saturated carbocycles. The quantitative estimate of drug-likeness (QED) is 0.419. The van der Waals surface area contributed by atoms with E-state index in [2.05, 4.69) is 41.2 Å². The number of hydrogen-bond acceptors (Lipinski definition) is 4. The van der Waals surface area contributed by atoms with Crippen molar-refractivity contribution in [2.75, 3.05) is 33.7 Å². The van der Waals surface area contributed by atoms with Crippen molar-refractivity contribution in [1.82, 2.24) is 15.2 Å². The lowest BCUT2D eigenvalue weighted by molar-refractivity contribution is 0.173. The maximum Gasteiger partial charge on any atom is 0.0387 e. The van der Waals surface area contributed by atoms with Gasteiger partial charge in [0.05, 0.1) is 0 Å². The van der Waals surface area contributed by atoms with Crippen LogP contribution < -0.4 is 11.3 Å². The van der Waals surface area contributed by atoms with Gasteiger partial charge in [-0.05, 0) is 47.0 Å². The van der Waals surface area contributed by atoms with Gasteiger partial charge >= 0.3 is 0 Å². The molecule has 1 heterocycles. The Balaban J connectivity index is 2.58. The summed E-state index contributed by atoms with van der Waals surface area (Å²) in [6.45, 7) is 5.28. The highest BCUT2D eigenvalue weighted by Gasteiger charge is 2.27. The van der Waals surface area contributed by atoms with Gasteiger partial charge in [0, 0.05) is 25.0 Å². The van der Waals surface area contributed by atoms with Gasteiger partial charge in [0.1, 0.15) is 0 Å². The number of likely N-dealkylation sites (N-methyl/N-ethyl adjacent to an activating group) is 2. The van der Waals surface area contributed by atoms with E-state index < -0.39 is 0 Å². The summed E-state index contributed by atoms with van der Waals surface area (Å²) in [5.74, 6) is 11.8. The van der Waals surface area contributed by atoms with Crippen LogP contribution in [0.25, 0.3) is 0 Å². The van der Waals surface area contributed by atoms with E-state index in [1.54, 1.807) is 0 Å². The van der Waals surface area contributed by atoms with Crippen LogP contribution >= 0.6 is 0 Å². The first kappa shape index (κ1) is 14.5. The number of nitrogens with two attached hydrogens (primary N) is 1. The zero-order chi connectivity index (χ0) is 12.7. The topological polar surface area (TPSA) is 44.5 Å². The third kappa shape index (κ3) is 4.64. The molecular weight excluding hydrogens is 212 g/mol. The molecule has 4 nitrogen and oxygen atoms in total. The molecule has 98 valence electrons. The average Bonchev–Trinajstić information content (AvgIpc) is 2.47. The van der Waals surface area contributed by atoms with Gasteiger partial charge in [-0.25, -0.2) is 0 Å². The predicted octanol–water partition coefficient (Wildman–Crippen LogP) is 0.258. The number of rotatable bonds is 4. The van der Waals surface area contributed by atoms with Crippen molar-refractivity contribution < 1.29 is 0 Å². The van der Waals surface area contributed by atoms with Crippen molar-refractivity contribution in [2.45, 2.75) is 38.3 Å². The van der Waals surface area contributed by atoms with Crippen molar-refractivity contribution in [1.29, 1.82) is 0 Å². The zero-order valence-electron chi connectivity index (χ0n) is 11.4. The summed E-state index contributed by atoms with van der Waals surface area (Å²) < 4.78 is 0. The second-order valence-electron chi connectivity index (χ2n) is 4.90. The van der Waals surface area contributed by atoms with Crippen LogP contribution in [0.5, 0.6) is 0 Å². The molecule has 1 rings (SSSR count). The SMILES string of the molecule is CC#CCCC(NN)C1CN(C)CCCN1C. The fraction of sp³-hybridized carbons (Fsp3) is 0.846. The summed E-state index contributed by atoms with van der Waals surface area (Å²) in [4.78, 5) is 4.82. The normalized spacial score (nSPS) is 24.8. The zero-order valence-corrected chi connectivity index (χ0v) is 11.4. The van der Waals surface area contributed by atoms with Crippen LogP contribution in [0.4, 0.5) is 0 Å². The first-order chi connectivity index (χ1) is 8.19. The van der Waals surface area contributed by atoms with E-state index in [1.807, 2.05) is 6.92 Å². The van der Waals surface area contributed by atoms with Crippen LogP contribution in [-0.4, -0.2) is 55.6 Å². The van der Waals surface area contributed by atoms with Crippen LogP contribution in [0.1, 0.15) is 26.2 Å². The highest BCUT2D eigenvalue weighted by Crippen LogP contribution is 2.13. The molecule has 17 heavy (non-hydrogen) atoms. The standard InChI is InChI=1S/C13H26N4/c1-4-5-6-8-12(15-14)13-11-16(2)9-7-10-17(13)3/h12-13,15H,6-11,14H2,1-3H3. The average molecular weight is 238 g/mol. The highest BCUT2D eigenvalue weighted by atomic mass is 15.3. The molecule has 2 atom stereocenters. The van der Waals surface area contributed by atoms with E-state index in [0.29, 0.717) is 12.1 Å². The number of nitrogens with zero attached hydrogens (tertiary/aromatic N) is 2. The Morgan fingerprint density at radius 1 is 1.41 bits per heavy atom. The summed E-state index contributed by atoms with van der Waals surface area (Å²) in [5.41, 5.74) is 2.97. The van der Waals surface area contributed by atoms with Crippen LogP contribution in [0.2, 0.25) is 0 Å². The highest BCUT2D eigenvalue weighted by molar-refractivity contribution is 4.97. The van der Waals surface area contributed by atoms with Gasteiger partial charge in [0.2, 0.25) is 0 Å². The van der Waals surface area contributed by atoms with Crippen LogP contribution in [-0.2, 0) is 0 Å². The van der Waals surface area contributed by atoms with E-state index in [1.165, 1.54) is 13.0 Å². The summed E-state index contributed by atoms with van der Waals surface area (Å²) in [5, 5.41) is 0. The smallest absolute Gasteiger partial charge is 0.0387 e. The van der Waals surface area contributed by atoms with Gasteiger partial charge in [0.15, 0.2) is 0 Å². The summed E-state index contributed by atoms with van der Waals surface area (Å²) in [6.07, 6.45) is 3.16. The van der Waals surface area contributed by atoms with Crippen LogP contribution in [0.3, 0.4) is 0 Å². The minimum absolute atomic E-state index is 0.321. The fourth-order valence-electron chi connectivity index (χ4n) is 2.48. The third-order valence-electron chi connectivity index (χ3n) is 3.55. The molecule has 4 heteroatoms. The molecule has 0 aromatic heterocycles. The molecule has 0 aromatic carbocycles. The molecule has 0 spiro atoms. The Morgan fingerprint density at radius 3 is 2.82 bits per heavy atom. The lowest BCUT2D eigenvalue weighted by Crippen LogP contribution is -2.54. The first-order valence-corrected chi connectivity index (χ1v) is 6.43. The van der Waals surface area contributed by atoms with Crippen molar-refractivity contribution in [3.8, 4) is 11.8 Å². The van der Waals surface area contributed by atoms with Gasteiger partial charge in [-0.2, -0.15) is 0 Å². The second kappa shape index (κ2) is 7.67. The monoisotopic (exact) mass is 238 g/mol. The Morgan fingerprint density at radius 2 is 2.18 bits per heavy atom. The molecule has 0 amide bonds. The maximum atomic E-state index is 5.70. The van der Waals surface area contributed by atoms with Gasteiger partial charge in [-0.3, -0.25) is 11.3 Å². The molecule has 2 unspecified atom stereocenters. The van der Waals surface area contributed by atoms with Gasteiger partial charge in [-0.1, -0.05) is 0 Å². The van der Waals surface area contributed by atoms with E-state index in [9.17, 15) is 0 Å². The van der Waals surface area contributed by atoms with Crippen LogP contribution in [0.15, 0.2) is 0 Å². The Labute approximate surface area is 105 Å². The molecule has 1 aliphatic heterocycles. The van der Waals surface area contributed by atoms with E-state index >= 15 is 0 Å². The summed E-state index contributed by atoms with van der Waals surface area (Å²) >= 11 is 0. The Hall–Kier alpha value is -0.600. The maximum absolute atomic E-state index is 5.70. The van der Waals surface area contributed by atoms with Gasteiger partial charge in [0.25, 0.3) is 0 Å². The lowest BCUT2D eigenvalue weighted by atomic mass is 10.0.